The SMILES string of the molecule is C=CCOCC(NC(=O)OC(C)(C)C)C(=O)N1CC(C(=O)O)CC1C(=O)OC. The van der Waals surface area contributed by atoms with Crippen molar-refractivity contribution in [3.05, 3.63) is 12.7 Å². The topological polar surface area (TPSA) is 131 Å². The van der Waals surface area contributed by atoms with Crippen molar-refractivity contribution < 1.29 is 38.5 Å². The smallest absolute Gasteiger partial charge is 0.408 e. The van der Waals surface area contributed by atoms with E-state index in [2.05, 4.69) is 16.6 Å². The van der Waals surface area contributed by atoms with Crippen LogP contribution in [-0.4, -0.2) is 78.5 Å². The number of carboxylic acid groups (broad SMARTS) is 1. The van der Waals surface area contributed by atoms with Crippen molar-refractivity contribution in [2.75, 3.05) is 26.9 Å². The van der Waals surface area contributed by atoms with Gasteiger partial charge in [-0.25, -0.2) is 9.59 Å². The van der Waals surface area contributed by atoms with E-state index in [1.807, 2.05) is 0 Å². The molecule has 3 unspecified atom stereocenters. The Kier molecular flexibility index (Phi) is 8.42. The van der Waals surface area contributed by atoms with Gasteiger partial charge in [0.15, 0.2) is 0 Å². The lowest BCUT2D eigenvalue weighted by Crippen LogP contribution is -2.54. The minimum absolute atomic E-state index is 0.0690. The molecule has 0 spiro atoms. The Morgan fingerprint density at radius 2 is 1.96 bits per heavy atom. The van der Waals surface area contributed by atoms with Gasteiger partial charge in [-0.05, 0) is 27.2 Å². The van der Waals surface area contributed by atoms with Gasteiger partial charge in [0.05, 0.1) is 26.2 Å². The van der Waals surface area contributed by atoms with Crippen LogP contribution in [0.5, 0.6) is 0 Å². The third kappa shape index (κ3) is 6.84. The maximum Gasteiger partial charge on any atom is 0.408 e. The van der Waals surface area contributed by atoms with Crippen LogP contribution in [0.15, 0.2) is 12.7 Å². The Labute approximate surface area is 163 Å². The number of carboxylic acids is 1. The number of hydrogen-bond donors (Lipinski definition) is 2. The number of rotatable bonds is 8. The van der Waals surface area contributed by atoms with Gasteiger partial charge in [0.2, 0.25) is 5.91 Å². The second kappa shape index (κ2) is 10.1. The number of nitrogens with one attached hydrogen (secondary N) is 1. The van der Waals surface area contributed by atoms with Crippen molar-refractivity contribution in [2.45, 2.75) is 44.9 Å². The molecule has 10 nitrogen and oxygen atoms in total. The molecule has 0 saturated carbocycles. The maximum absolute atomic E-state index is 13.0. The molecule has 1 rings (SSSR count). The molecule has 3 atom stereocenters. The molecule has 0 aromatic heterocycles. The van der Waals surface area contributed by atoms with Crippen LogP contribution in [0, 0.1) is 5.92 Å². The van der Waals surface area contributed by atoms with Gasteiger partial charge in [-0.1, -0.05) is 6.08 Å². The summed E-state index contributed by atoms with van der Waals surface area (Å²) in [6, 6.07) is -2.23. The van der Waals surface area contributed by atoms with Crippen LogP contribution < -0.4 is 5.32 Å². The van der Waals surface area contributed by atoms with E-state index in [9.17, 15) is 24.3 Å². The monoisotopic (exact) mass is 400 g/mol. The second-order valence-corrected chi connectivity index (χ2v) is 7.33. The van der Waals surface area contributed by atoms with Crippen LogP contribution in [-0.2, 0) is 28.6 Å². The number of carbonyl (C=O) groups is 4. The average Bonchev–Trinajstić information content (AvgIpc) is 3.03. The number of likely N-dealkylation sites (tertiary alicyclic amines) is 1. The van der Waals surface area contributed by atoms with Gasteiger partial charge in [0, 0.05) is 6.54 Å². The van der Waals surface area contributed by atoms with Crippen molar-refractivity contribution >= 4 is 23.9 Å². The largest absolute Gasteiger partial charge is 0.481 e. The van der Waals surface area contributed by atoms with E-state index in [0.717, 1.165) is 12.0 Å². The fourth-order valence-electron chi connectivity index (χ4n) is 2.71. The zero-order valence-corrected chi connectivity index (χ0v) is 16.6. The Morgan fingerprint density at radius 3 is 2.46 bits per heavy atom. The summed E-state index contributed by atoms with van der Waals surface area (Å²) in [6.45, 7) is 8.27. The Hall–Kier alpha value is -2.62. The molecule has 1 aliphatic heterocycles. The zero-order valence-electron chi connectivity index (χ0n) is 16.6. The standard InChI is InChI=1S/C18H28N2O8/c1-6-7-27-10-12(19-17(25)28-18(2,3)4)14(21)20-9-11(15(22)23)8-13(20)16(24)26-5/h6,11-13H,1,7-10H2,2-5H3,(H,19,25)(H,22,23). The van der Waals surface area contributed by atoms with Crippen molar-refractivity contribution in [1.29, 1.82) is 0 Å². The summed E-state index contributed by atoms with van der Waals surface area (Å²) in [6.07, 6.45) is 0.569. The molecule has 2 N–H and O–H groups in total. The van der Waals surface area contributed by atoms with E-state index in [4.69, 9.17) is 9.47 Å². The predicted octanol–water partition coefficient (Wildman–Crippen LogP) is 0.557. The van der Waals surface area contributed by atoms with E-state index < -0.39 is 47.5 Å². The number of alkyl carbamates (subject to hydrolysis) is 1. The van der Waals surface area contributed by atoms with E-state index in [1.54, 1.807) is 20.8 Å². The number of esters is 1. The summed E-state index contributed by atoms with van der Waals surface area (Å²) < 4.78 is 15.1. The Balaban J connectivity index is 3.00. The molecular weight excluding hydrogens is 372 g/mol. The summed E-state index contributed by atoms with van der Waals surface area (Å²) in [5.74, 6) is -3.41. The van der Waals surface area contributed by atoms with Crippen LogP contribution >= 0.6 is 0 Å². The Bertz CT molecular complexity index is 613. The minimum atomic E-state index is -1.17. The van der Waals surface area contributed by atoms with Crippen LogP contribution in [0.4, 0.5) is 4.79 Å². The molecular formula is C18H28N2O8. The van der Waals surface area contributed by atoms with Gasteiger partial charge in [-0.2, -0.15) is 0 Å². The highest BCUT2D eigenvalue weighted by Crippen LogP contribution is 2.25. The first-order valence-corrected chi connectivity index (χ1v) is 8.79. The lowest BCUT2D eigenvalue weighted by atomic mass is 10.1. The van der Waals surface area contributed by atoms with E-state index in [1.165, 1.54) is 6.08 Å². The average molecular weight is 400 g/mol. The quantitative estimate of drug-likeness (QED) is 0.343. The maximum atomic E-state index is 13.0. The number of methoxy groups -OCH3 is 1. The molecule has 1 saturated heterocycles. The van der Waals surface area contributed by atoms with Crippen molar-refractivity contribution in [3.63, 3.8) is 0 Å². The molecule has 0 bridgehead atoms. The van der Waals surface area contributed by atoms with Gasteiger partial charge in [0.25, 0.3) is 0 Å². The third-order valence-corrected chi connectivity index (χ3v) is 3.92. The summed E-state index contributed by atoms with van der Waals surface area (Å²) in [5.41, 5.74) is -0.781. The first-order valence-electron chi connectivity index (χ1n) is 8.79. The van der Waals surface area contributed by atoms with Gasteiger partial charge in [0.1, 0.15) is 17.7 Å². The summed E-state index contributed by atoms with van der Waals surface area (Å²) in [4.78, 5) is 49.5. The third-order valence-electron chi connectivity index (χ3n) is 3.92. The molecule has 0 aliphatic carbocycles. The van der Waals surface area contributed by atoms with Crippen LogP contribution in [0.2, 0.25) is 0 Å². The normalized spacial score (nSPS) is 20.2. The molecule has 1 heterocycles. The van der Waals surface area contributed by atoms with Crippen LogP contribution in [0.25, 0.3) is 0 Å². The van der Waals surface area contributed by atoms with Crippen molar-refractivity contribution in [2.24, 2.45) is 5.92 Å². The highest BCUT2D eigenvalue weighted by Gasteiger charge is 2.45. The summed E-state index contributed by atoms with van der Waals surface area (Å²) in [5, 5.41) is 11.7. The second-order valence-electron chi connectivity index (χ2n) is 7.33. The number of nitrogens with zero attached hydrogens (tertiary/aromatic N) is 1. The highest BCUT2D eigenvalue weighted by molar-refractivity contribution is 5.91. The minimum Gasteiger partial charge on any atom is -0.481 e. The van der Waals surface area contributed by atoms with Gasteiger partial charge >= 0.3 is 18.0 Å². The van der Waals surface area contributed by atoms with E-state index >= 15 is 0 Å². The first-order chi connectivity index (χ1) is 13.0. The van der Waals surface area contributed by atoms with Crippen molar-refractivity contribution in [3.8, 4) is 0 Å². The summed E-state index contributed by atoms with van der Waals surface area (Å²) in [7, 11) is 1.16. The molecule has 0 aromatic rings. The number of amides is 2. The molecule has 10 heteroatoms. The van der Waals surface area contributed by atoms with Gasteiger partial charge < -0.3 is 29.5 Å². The summed E-state index contributed by atoms with van der Waals surface area (Å²) >= 11 is 0. The number of aliphatic carboxylic acids is 1. The molecule has 2 amide bonds. The molecule has 0 aromatic carbocycles. The Morgan fingerprint density at radius 1 is 1.32 bits per heavy atom. The van der Waals surface area contributed by atoms with E-state index in [-0.39, 0.29) is 26.2 Å². The molecule has 28 heavy (non-hydrogen) atoms. The highest BCUT2D eigenvalue weighted by atomic mass is 16.6. The lowest BCUT2D eigenvalue weighted by molar-refractivity contribution is -0.152. The van der Waals surface area contributed by atoms with Crippen LogP contribution in [0.3, 0.4) is 0 Å². The van der Waals surface area contributed by atoms with E-state index in [0.29, 0.717) is 0 Å². The molecule has 1 fully saturated rings. The fraction of sp³-hybridized carbons (Fsp3) is 0.667. The number of hydrogen-bond acceptors (Lipinski definition) is 7. The van der Waals surface area contributed by atoms with Gasteiger partial charge in [-0.15, -0.1) is 6.58 Å². The molecule has 158 valence electrons. The number of carbonyl (C=O) groups excluding carboxylic acids is 3. The fourth-order valence-corrected chi connectivity index (χ4v) is 2.71. The van der Waals surface area contributed by atoms with Gasteiger partial charge in [-0.3, -0.25) is 9.59 Å². The van der Waals surface area contributed by atoms with Crippen molar-refractivity contribution in [1.82, 2.24) is 10.2 Å². The lowest BCUT2D eigenvalue weighted by Gasteiger charge is -2.28. The first kappa shape index (κ1) is 23.4. The molecule has 0 radical (unpaired) electrons. The predicted molar refractivity (Wildman–Crippen MR) is 97.4 cm³/mol. The zero-order chi connectivity index (χ0) is 21.5. The van der Waals surface area contributed by atoms with Crippen LogP contribution in [0.1, 0.15) is 27.2 Å². The number of ether oxygens (including phenoxy) is 3. The molecule has 1 aliphatic rings.